The van der Waals surface area contributed by atoms with E-state index in [1.165, 1.54) is 16.9 Å². The zero-order valence-electron chi connectivity index (χ0n) is 19.3. The third kappa shape index (κ3) is 4.04. The summed E-state index contributed by atoms with van der Waals surface area (Å²) in [6.45, 7) is 1.81. The third-order valence-electron chi connectivity index (χ3n) is 6.63. The molecule has 0 radical (unpaired) electrons. The molecule has 0 spiro atoms. The average molecular weight is 459 g/mol. The third-order valence-corrected chi connectivity index (χ3v) is 6.63. The van der Waals surface area contributed by atoms with Gasteiger partial charge in [0.2, 0.25) is 0 Å². The lowest BCUT2D eigenvalue weighted by Gasteiger charge is -2.38. The molecule has 0 amide bonds. The van der Waals surface area contributed by atoms with E-state index < -0.39 is 0 Å². The molecular weight excluding hydrogens is 432 g/mol. The van der Waals surface area contributed by atoms with Gasteiger partial charge in [-0.3, -0.25) is 0 Å². The Hall–Kier alpha value is -4.45. The molecule has 0 saturated carbocycles. The van der Waals surface area contributed by atoms with Crippen LogP contribution >= 0.6 is 0 Å². The lowest BCUT2D eigenvalue weighted by Crippen LogP contribution is -2.45. The summed E-state index contributed by atoms with van der Waals surface area (Å²) in [7, 11) is 0. The van der Waals surface area contributed by atoms with Crippen LogP contribution in [-0.2, 0) is 0 Å². The summed E-state index contributed by atoms with van der Waals surface area (Å²) >= 11 is 0. The first-order valence-corrected chi connectivity index (χ1v) is 11.9. The number of benzene rings is 4. The Morgan fingerprint density at radius 2 is 1.03 bits per heavy atom. The number of anilines is 2. The molecular formula is C29H26N6. The van der Waals surface area contributed by atoms with E-state index in [1.807, 2.05) is 35.0 Å². The Balaban J connectivity index is 1.55. The van der Waals surface area contributed by atoms with Gasteiger partial charge in [0, 0.05) is 24.5 Å². The molecule has 172 valence electrons. The maximum absolute atomic E-state index is 4.62. The predicted octanol–water partition coefficient (Wildman–Crippen LogP) is 5.15. The molecule has 6 nitrogen and oxygen atoms in total. The largest absolute Gasteiger partial charge is 0.348 e. The second kappa shape index (κ2) is 9.43. The van der Waals surface area contributed by atoms with E-state index in [0.29, 0.717) is 0 Å². The molecule has 4 aromatic carbocycles. The standard InChI is InChI=1S/C29H26N6/c1-5-13-23(14-6-1)27(28-30-31-32-35(28)26-19-11-4-12-20-26)29-33(24-15-7-2-8-16-24)21-22-34(29)25-17-9-3-10-18-25/h1-20,27,29H,21-22H2/t27-/m0/s1. The van der Waals surface area contributed by atoms with Gasteiger partial charge in [0.15, 0.2) is 5.82 Å². The van der Waals surface area contributed by atoms with Crippen molar-refractivity contribution in [3.8, 4) is 5.69 Å². The monoisotopic (exact) mass is 458 g/mol. The Kier molecular flexibility index (Phi) is 5.68. The smallest absolute Gasteiger partial charge is 0.168 e. The van der Waals surface area contributed by atoms with Gasteiger partial charge in [0.25, 0.3) is 0 Å². The molecule has 0 unspecified atom stereocenters. The number of hydrogen-bond acceptors (Lipinski definition) is 5. The van der Waals surface area contributed by atoms with Crippen molar-refractivity contribution in [3.63, 3.8) is 0 Å². The van der Waals surface area contributed by atoms with Crippen LogP contribution in [0.15, 0.2) is 121 Å². The van der Waals surface area contributed by atoms with Gasteiger partial charge in [-0.25, -0.2) is 0 Å². The van der Waals surface area contributed by atoms with Crippen LogP contribution in [0, 0.1) is 0 Å². The number of hydrogen-bond donors (Lipinski definition) is 0. The summed E-state index contributed by atoms with van der Waals surface area (Å²) in [5, 5.41) is 13.2. The van der Waals surface area contributed by atoms with Crippen LogP contribution in [0.3, 0.4) is 0 Å². The highest BCUT2D eigenvalue weighted by Crippen LogP contribution is 2.39. The number of rotatable bonds is 6. The molecule has 1 atom stereocenters. The van der Waals surface area contributed by atoms with Crippen molar-refractivity contribution in [1.29, 1.82) is 0 Å². The lowest BCUT2D eigenvalue weighted by atomic mass is 9.93. The molecule has 6 rings (SSSR count). The Labute approximate surface area is 205 Å². The molecule has 1 aliphatic rings. The minimum absolute atomic E-state index is 0.0179. The normalized spacial score (nSPS) is 14.9. The van der Waals surface area contributed by atoms with Crippen LogP contribution < -0.4 is 9.80 Å². The fourth-order valence-electron chi connectivity index (χ4n) is 5.07. The molecule has 1 fully saturated rings. The van der Waals surface area contributed by atoms with Crippen LogP contribution in [0.5, 0.6) is 0 Å². The molecule has 35 heavy (non-hydrogen) atoms. The fraction of sp³-hybridized carbons (Fsp3) is 0.138. The van der Waals surface area contributed by atoms with Crippen molar-refractivity contribution in [3.05, 3.63) is 133 Å². The zero-order chi connectivity index (χ0) is 23.5. The van der Waals surface area contributed by atoms with E-state index in [9.17, 15) is 0 Å². The first kappa shape index (κ1) is 21.1. The summed E-state index contributed by atoms with van der Waals surface area (Å²) in [5.74, 6) is 0.713. The minimum Gasteiger partial charge on any atom is -0.348 e. The molecule has 5 aromatic rings. The molecule has 1 saturated heterocycles. The highest BCUT2D eigenvalue weighted by Gasteiger charge is 2.42. The van der Waals surface area contributed by atoms with Crippen molar-refractivity contribution in [2.45, 2.75) is 12.1 Å². The zero-order valence-corrected chi connectivity index (χ0v) is 19.3. The quantitative estimate of drug-likeness (QED) is 0.352. The lowest BCUT2D eigenvalue weighted by molar-refractivity contribution is 0.554. The first-order valence-electron chi connectivity index (χ1n) is 11.9. The number of tetrazole rings is 1. The molecule has 6 heteroatoms. The van der Waals surface area contributed by atoms with Gasteiger partial charge >= 0.3 is 0 Å². The van der Waals surface area contributed by atoms with Gasteiger partial charge in [0.1, 0.15) is 6.17 Å². The maximum atomic E-state index is 4.62. The summed E-state index contributed by atoms with van der Waals surface area (Å²) in [6, 6.07) is 42.0. The van der Waals surface area contributed by atoms with E-state index in [1.54, 1.807) is 0 Å². The van der Waals surface area contributed by atoms with Gasteiger partial charge in [-0.2, -0.15) is 4.68 Å². The van der Waals surface area contributed by atoms with Gasteiger partial charge in [-0.05, 0) is 52.4 Å². The van der Waals surface area contributed by atoms with Crippen molar-refractivity contribution in [2.75, 3.05) is 22.9 Å². The Morgan fingerprint density at radius 3 is 1.54 bits per heavy atom. The van der Waals surface area contributed by atoms with Crippen LogP contribution in [0.2, 0.25) is 0 Å². The van der Waals surface area contributed by atoms with Crippen LogP contribution in [-0.4, -0.2) is 39.5 Å². The topological polar surface area (TPSA) is 50.1 Å². The molecule has 1 aromatic heterocycles. The van der Waals surface area contributed by atoms with E-state index in [0.717, 1.165) is 24.6 Å². The van der Waals surface area contributed by atoms with Gasteiger partial charge in [-0.15, -0.1) is 5.10 Å². The van der Waals surface area contributed by atoms with Gasteiger partial charge < -0.3 is 9.80 Å². The molecule has 0 bridgehead atoms. The van der Waals surface area contributed by atoms with E-state index in [4.69, 9.17) is 0 Å². The van der Waals surface area contributed by atoms with Crippen LogP contribution in [0.1, 0.15) is 17.3 Å². The minimum atomic E-state index is -0.102. The number of nitrogens with zero attached hydrogens (tertiary/aromatic N) is 6. The second-order valence-electron chi connectivity index (χ2n) is 8.64. The van der Waals surface area contributed by atoms with Gasteiger partial charge in [-0.1, -0.05) is 84.9 Å². The molecule has 2 heterocycles. The molecule has 0 aliphatic carbocycles. The number of para-hydroxylation sites is 3. The van der Waals surface area contributed by atoms with Crippen molar-refractivity contribution in [1.82, 2.24) is 20.2 Å². The second-order valence-corrected chi connectivity index (χ2v) is 8.64. The van der Waals surface area contributed by atoms with E-state index >= 15 is 0 Å². The summed E-state index contributed by atoms with van der Waals surface area (Å²) in [6.07, 6.45) is -0.0179. The SMILES string of the molecule is c1ccc([C@@H](c2nnnn2-c2ccccc2)C2N(c3ccccc3)CCN2c2ccccc2)cc1. The van der Waals surface area contributed by atoms with Crippen LogP contribution in [0.4, 0.5) is 11.4 Å². The summed E-state index contributed by atoms with van der Waals surface area (Å²) in [4.78, 5) is 4.96. The maximum Gasteiger partial charge on any atom is 0.168 e. The highest BCUT2D eigenvalue weighted by atomic mass is 15.6. The Bertz CT molecular complexity index is 1310. The van der Waals surface area contributed by atoms with E-state index in [2.05, 4.69) is 116 Å². The highest BCUT2D eigenvalue weighted by molar-refractivity contribution is 5.59. The predicted molar refractivity (Wildman–Crippen MR) is 139 cm³/mol. The average Bonchev–Trinajstić information content (AvgIpc) is 3.60. The van der Waals surface area contributed by atoms with Crippen molar-refractivity contribution >= 4 is 11.4 Å². The van der Waals surface area contributed by atoms with E-state index in [-0.39, 0.29) is 12.1 Å². The summed E-state index contributed by atoms with van der Waals surface area (Å²) in [5.41, 5.74) is 4.50. The summed E-state index contributed by atoms with van der Waals surface area (Å²) < 4.78 is 1.88. The Morgan fingerprint density at radius 1 is 0.571 bits per heavy atom. The van der Waals surface area contributed by atoms with Crippen molar-refractivity contribution < 1.29 is 0 Å². The first-order chi connectivity index (χ1) is 17.4. The van der Waals surface area contributed by atoms with Crippen LogP contribution in [0.25, 0.3) is 5.69 Å². The molecule has 1 aliphatic heterocycles. The van der Waals surface area contributed by atoms with Crippen molar-refractivity contribution in [2.24, 2.45) is 0 Å². The van der Waals surface area contributed by atoms with Gasteiger partial charge in [0.05, 0.1) is 11.6 Å². The fourth-order valence-corrected chi connectivity index (χ4v) is 5.07. The molecule has 0 N–H and O–H groups in total. The number of aromatic nitrogens is 4.